The van der Waals surface area contributed by atoms with E-state index in [1.807, 2.05) is 53.4 Å². The third-order valence-electron chi connectivity index (χ3n) is 4.50. The molecule has 2 atom stereocenters. The van der Waals surface area contributed by atoms with Crippen LogP contribution >= 0.6 is 0 Å². The van der Waals surface area contributed by atoms with Gasteiger partial charge < -0.3 is 4.57 Å². The lowest BCUT2D eigenvalue weighted by Crippen LogP contribution is -2.35. The number of rotatable bonds is 3. The van der Waals surface area contributed by atoms with E-state index in [9.17, 15) is 4.79 Å². The van der Waals surface area contributed by atoms with E-state index >= 15 is 0 Å². The third kappa shape index (κ3) is 2.17. The second kappa shape index (κ2) is 5.30. The molecule has 1 aromatic carbocycles. The minimum Gasteiger partial charge on any atom is -0.323 e. The lowest BCUT2D eigenvalue weighted by atomic mass is 9.74. The summed E-state index contributed by atoms with van der Waals surface area (Å²) in [6, 6.07) is 11.4. The quantitative estimate of drug-likeness (QED) is 0.685. The maximum Gasteiger partial charge on any atom is 0.273 e. The molecule has 4 rings (SSSR count). The van der Waals surface area contributed by atoms with Gasteiger partial charge >= 0.3 is 0 Å². The van der Waals surface area contributed by atoms with E-state index in [2.05, 4.69) is 22.7 Å². The number of hydrogen-bond acceptors (Lipinski definition) is 2. The molecule has 0 aliphatic heterocycles. The maximum atomic E-state index is 12.5. The smallest absolute Gasteiger partial charge is 0.273 e. The van der Waals surface area contributed by atoms with E-state index in [0.717, 1.165) is 24.2 Å². The Labute approximate surface area is 129 Å². The number of carbonyl (C=O) groups excluding carboxylic acids is 1. The largest absolute Gasteiger partial charge is 0.323 e. The van der Waals surface area contributed by atoms with Crippen LogP contribution in [-0.2, 0) is 0 Å². The lowest BCUT2D eigenvalue weighted by Gasteiger charge is -2.31. The maximum absolute atomic E-state index is 12.5. The van der Waals surface area contributed by atoms with Gasteiger partial charge in [0.2, 0.25) is 0 Å². The van der Waals surface area contributed by atoms with E-state index in [4.69, 9.17) is 0 Å². The Morgan fingerprint density at radius 1 is 1.18 bits per heavy atom. The number of allylic oxidation sites excluding steroid dienone is 2. The van der Waals surface area contributed by atoms with E-state index < -0.39 is 0 Å². The lowest BCUT2D eigenvalue weighted by molar-refractivity contribution is 0.0954. The number of nitrogens with one attached hydrogen (secondary N) is 1. The van der Waals surface area contributed by atoms with Gasteiger partial charge in [-0.3, -0.25) is 4.79 Å². The first-order valence-corrected chi connectivity index (χ1v) is 7.59. The molecule has 2 aliphatic carbocycles. The van der Waals surface area contributed by atoms with Gasteiger partial charge in [0.1, 0.15) is 0 Å². The molecule has 1 fully saturated rings. The van der Waals surface area contributed by atoms with Gasteiger partial charge in [0, 0.05) is 24.0 Å². The summed E-state index contributed by atoms with van der Waals surface area (Å²) in [5.41, 5.74) is 5.33. The molecule has 2 aromatic rings. The topological polar surface area (TPSA) is 46.4 Å². The van der Waals surface area contributed by atoms with Crippen molar-refractivity contribution >= 4 is 11.6 Å². The van der Waals surface area contributed by atoms with Crippen LogP contribution in [-0.4, -0.2) is 16.2 Å². The van der Waals surface area contributed by atoms with Gasteiger partial charge in [-0.05, 0) is 43.0 Å². The van der Waals surface area contributed by atoms with Crippen molar-refractivity contribution in [3.63, 3.8) is 0 Å². The summed E-state index contributed by atoms with van der Waals surface area (Å²) in [5.74, 6) is 0.994. The van der Waals surface area contributed by atoms with Crippen LogP contribution < -0.4 is 5.43 Å². The highest BCUT2D eigenvalue weighted by Gasteiger charge is 2.38. The average molecular weight is 291 g/mol. The molecule has 1 saturated carbocycles. The molecule has 4 heteroatoms. The first-order chi connectivity index (χ1) is 10.8. The van der Waals surface area contributed by atoms with E-state index in [1.54, 1.807) is 0 Å². The molecule has 1 heterocycles. The molecule has 0 bridgehead atoms. The number of amides is 1. The number of hydrogen-bond donors (Lipinski definition) is 1. The van der Waals surface area contributed by atoms with Crippen LogP contribution in [0.5, 0.6) is 0 Å². The molecular weight excluding hydrogens is 274 g/mol. The molecule has 0 unspecified atom stereocenters. The number of nitrogens with zero attached hydrogens (tertiary/aromatic N) is 2. The normalized spacial score (nSPS) is 24.1. The van der Waals surface area contributed by atoms with Crippen LogP contribution in [0.1, 0.15) is 23.2 Å². The fourth-order valence-electron chi connectivity index (χ4n) is 3.23. The number of carbonyl (C=O) groups is 1. The summed E-state index contributed by atoms with van der Waals surface area (Å²) < 4.78 is 1.93. The highest BCUT2D eigenvalue weighted by atomic mass is 16.2. The molecule has 1 N–H and O–H groups in total. The third-order valence-corrected chi connectivity index (χ3v) is 4.50. The second-order valence-electron chi connectivity index (χ2n) is 5.79. The second-order valence-corrected chi connectivity index (χ2v) is 5.79. The van der Waals surface area contributed by atoms with Crippen molar-refractivity contribution < 1.29 is 4.79 Å². The minimum absolute atomic E-state index is 0.161. The molecule has 22 heavy (non-hydrogen) atoms. The van der Waals surface area contributed by atoms with Crippen LogP contribution in [0.2, 0.25) is 0 Å². The summed E-state index contributed by atoms with van der Waals surface area (Å²) in [6.07, 6.45) is 10.4. The predicted octanol–water partition coefficient (Wildman–Crippen LogP) is 3.16. The van der Waals surface area contributed by atoms with Crippen molar-refractivity contribution in [2.45, 2.75) is 12.8 Å². The number of aromatic nitrogens is 1. The molecule has 4 nitrogen and oxygen atoms in total. The van der Waals surface area contributed by atoms with E-state index in [0.29, 0.717) is 17.4 Å². The summed E-state index contributed by atoms with van der Waals surface area (Å²) in [5, 5.41) is 4.34. The number of hydrazone groups is 1. The summed E-state index contributed by atoms with van der Waals surface area (Å²) in [6.45, 7) is 0. The van der Waals surface area contributed by atoms with Crippen LogP contribution in [0.3, 0.4) is 0 Å². The highest BCUT2D eigenvalue weighted by molar-refractivity contribution is 6.00. The van der Waals surface area contributed by atoms with Gasteiger partial charge in [-0.25, -0.2) is 5.43 Å². The monoisotopic (exact) mass is 291 g/mol. The predicted molar refractivity (Wildman–Crippen MR) is 86.0 cm³/mol. The van der Waals surface area contributed by atoms with Gasteiger partial charge in [0.05, 0.1) is 11.3 Å². The van der Waals surface area contributed by atoms with Gasteiger partial charge in [0.15, 0.2) is 0 Å². The van der Waals surface area contributed by atoms with Gasteiger partial charge in [0.25, 0.3) is 5.91 Å². The fourth-order valence-corrected chi connectivity index (χ4v) is 3.23. The Kier molecular flexibility index (Phi) is 3.15. The first-order valence-electron chi connectivity index (χ1n) is 7.59. The van der Waals surface area contributed by atoms with E-state index in [1.165, 1.54) is 0 Å². The van der Waals surface area contributed by atoms with Crippen molar-refractivity contribution in [2.75, 3.05) is 0 Å². The summed E-state index contributed by atoms with van der Waals surface area (Å²) in [4.78, 5) is 12.5. The number of fused-ring (bicyclic) bond motifs is 1. The fraction of sp³-hybridized carbons (Fsp3) is 0.222. The van der Waals surface area contributed by atoms with Crippen molar-refractivity contribution in [2.24, 2.45) is 16.9 Å². The van der Waals surface area contributed by atoms with Crippen molar-refractivity contribution in [3.8, 4) is 5.69 Å². The Balaban J connectivity index is 1.53. The minimum atomic E-state index is -0.161. The molecule has 1 aromatic heterocycles. The zero-order chi connectivity index (χ0) is 14.9. The number of para-hydroxylation sites is 1. The SMILES string of the molecule is O=C(N/N=C1/C[C@@H]2C=CC[C@@H]12)c1ccccc1-n1cccc1. The molecule has 0 radical (unpaired) electrons. The van der Waals surface area contributed by atoms with Crippen LogP contribution in [0.4, 0.5) is 0 Å². The molecule has 2 aliphatic rings. The van der Waals surface area contributed by atoms with Crippen LogP contribution in [0, 0.1) is 11.8 Å². The first kappa shape index (κ1) is 13.1. The number of benzene rings is 1. The molecular formula is C18H17N3O. The average Bonchev–Trinajstić information content (AvgIpc) is 3.17. The molecule has 0 spiro atoms. The zero-order valence-corrected chi connectivity index (χ0v) is 12.1. The van der Waals surface area contributed by atoms with Crippen molar-refractivity contribution in [1.29, 1.82) is 0 Å². The van der Waals surface area contributed by atoms with Gasteiger partial charge in [-0.15, -0.1) is 0 Å². The zero-order valence-electron chi connectivity index (χ0n) is 12.1. The molecule has 1 amide bonds. The van der Waals surface area contributed by atoms with Crippen LogP contribution in [0.25, 0.3) is 5.69 Å². The molecule has 0 saturated heterocycles. The Bertz CT molecular complexity index is 758. The van der Waals surface area contributed by atoms with Crippen LogP contribution in [0.15, 0.2) is 66.0 Å². The Hall–Kier alpha value is -2.62. The Morgan fingerprint density at radius 2 is 2.00 bits per heavy atom. The van der Waals surface area contributed by atoms with Crippen molar-refractivity contribution in [1.82, 2.24) is 9.99 Å². The van der Waals surface area contributed by atoms with Crippen molar-refractivity contribution in [3.05, 3.63) is 66.5 Å². The Morgan fingerprint density at radius 3 is 2.82 bits per heavy atom. The summed E-state index contributed by atoms with van der Waals surface area (Å²) in [7, 11) is 0. The van der Waals surface area contributed by atoms with E-state index in [-0.39, 0.29) is 5.91 Å². The van der Waals surface area contributed by atoms with Gasteiger partial charge in [-0.2, -0.15) is 5.10 Å². The molecule has 110 valence electrons. The highest BCUT2D eigenvalue weighted by Crippen LogP contribution is 2.40. The summed E-state index contributed by atoms with van der Waals surface area (Å²) >= 11 is 0. The standard InChI is InChI=1S/C18H17N3O/c22-18(20-19-16-12-13-6-5-8-14(13)16)15-7-1-2-9-17(15)21-10-3-4-11-21/h1-7,9-11,13-14H,8,12H2,(H,20,22)/b19-16-/t13-,14+/m0/s1. The van der Waals surface area contributed by atoms with Gasteiger partial charge in [-0.1, -0.05) is 24.3 Å².